The minimum Gasteiger partial charge on any atom is -0.459 e. The normalized spacial score (nSPS) is 15.9. The summed E-state index contributed by atoms with van der Waals surface area (Å²) < 4.78 is 7.08. The molecule has 0 unspecified atom stereocenters. The Kier molecular flexibility index (Phi) is 6.21. The van der Waals surface area contributed by atoms with E-state index < -0.39 is 6.04 Å². The Morgan fingerprint density at radius 3 is 2.58 bits per heavy atom. The maximum atomic E-state index is 13.4. The molecule has 0 radical (unpaired) electrons. The maximum absolute atomic E-state index is 13.4. The zero-order valence-electron chi connectivity index (χ0n) is 21.1. The van der Waals surface area contributed by atoms with Crippen LogP contribution in [0.1, 0.15) is 61.2 Å². The molecule has 5 rings (SSSR count). The Bertz CT molecular complexity index is 1420. The molecular formula is C26H31N7O3. The maximum Gasteiger partial charge on any atom is 0.289 e. The van der Waals surface area contributed by atoms with Crippen LogP contribution in [0.4, 0.5) is 0 Å². The number of tetrazole rings is 1. The van der Waals surface area contributed by atoms with Gasteiger partial charge in [0.15, 0.2) is 11.6 Å². The van der Waals surface area contributed by atoms with Gasteiger partial charge in [-0.05, 0) is 78.9 Å². The van der Waals surface area contributed by atoms with Crippen LogP contribution in [-0.4, -0.2) is 67.1 Å². The van der Waals surface area contributed by atoms with Gasteiger partial charge in [0.05, 0.1) is 11.8 Å². The molecule has 1 aromatic carbocycles. The van der Waals surface area contributed by atoms with Crippen molar-refractivity contribution in [2.75, 3.05) is 26.2 Å². The summed E-state index contributed by atoms with van der Waals surface area (Å²) in [5.74, 6) is 0.797. The zero-order chi connectivity index (χ0) is 25.4. The topological polar surface area (TPSA) is 113 Å². The number of benzene rings is 1. The fraction of sp³-hybridized carbons (Fsp3) is 0.423. The van der Waals surface area contributed by atoms with Crippen LogP contribution in [0, 0.1) is 0 Å². The van der Waals surface area contributed by atoms with Crippen LogP contribution >= 0.6 is 0 Å². The highest BCUT2D eigenvalue weighted by molar-refractivity contribution is 5.91. The number of pyridine rings is 1. The lowest BCUT2D eigenvalue weighted by atomic mass is 10.00. The Morgan fingerprint density at radius 1 is 1.14 bits per heavy atom. The summed E-state index contributed by atoms with van der Waals surface area (Å²) in [6.07, 6.45) is 2.41. The smallest absolute Gasteiger partial charge is 0.289 e. The van der Waals surface area contributed by atoms with E-state index in [1.165, 1.54) is 11.8 Å². The Balaban J connectivity index is 1.55. The number of amides is 1. The second-order valence-electron chi connectivity index (χ2n) is 10.2. The van der Waals surface area contributed by atoms with Gasteiger partial charge in [0.1, 0.15) is 6.04 Å². The van der Waals surface area contributed by atoms with E-state index in [4.69, 9.17) is 4.42 Å². The molecule has 4 heterocycles. The van der Waals surface area contributed by atoms with Crippen molar-refractivity contribution in [1.29, 1.82) is 0 Å². The third-order valence-electron chi connectivity index (χ3n) is 6.71. The van der Waals surface area contributed by atoms with E-state index in [0.29, 0.717) is 43.3 Å². The van der Waals surface area contributed by atoms with Crippen molar-refractivity contribution >= 4 is 16.8 Å². The molecule has 0 aliphatic carbocycles. The minimum atomic E-state index is -0.474. The van der Waals surface area contributed by atoms with E-state index in [2.05, 4.69) is 38.4 Å². The summed E-state index contributed by atoms with van der Waals surface area (Å²) in [5, 5.41) is 13.6. The van der Waals surface area contributed by atoms with Gasteiger partial charge in [-0.1, -0.05) is 13.0 Å². The van der Waals surface area contributed by atoms with Crippen molar-refractivity contribution in [3.63, 3.8) is 0 Å². The molecule has 10 heteroatoms. The van der Waals surface area contributed by atoms with Crippen LogP contribution in [0.5, 0.6) is 0 Å². The van der Waals surface area contributed by atoms with Gasteiger partial charge in [-0.3, -0.25) is 14.5 Å². The van der Waals surface area contributed by atoms with Gasteiger partial charge in [-0.15, -0.1) is 5.10 Å². The van der Waals surface area contributed by atoms with E-state index in [9.17, 15) is 9.59 Å². The van der Waals surface area contributed by atoms with Crippen LogP contribution in [0.25, 0.3) is 10.9 Å². The van der Waals surface area contributed by atoms with Crippen LogP contribution in [0.15, 0.2) is 51.9 Å². The number of carbonyl (C=O) groups is 1. The first kappa shape index (κ1) is 23.9. The molecule has 1 aliphatic rings. The number of H-pyrrole nitrogens is 1. The van der Waals surface area contributed by atoms with Crippen molar-refractivity contribution in [2.45, 2.75) is 45.7 Å². The van der Waals surface area contributed by atoms with Gasteiger partial charge < -0.3 is 14.3 Å². The molecule has 1 atom stereocenters. The number of aromatic nitrogens is 5. The molecule has 10 nitrogen and oxygen atoms in total. The van der Waals surface area contributed by atoms with Crippen molar-refractivity contribution in [3.05, 3.63) is 75.7 Å². The number of piperazine rings is 1. The van der Waals surface area contributed by atoms with Crippen molar-refractivity contribution in [3.8, 4) is 0 Å². The molecule has 1 saturated heterocycles. The van der Waals surface area contributed by atoms with Crippen LogP contribution in [0.2, 0.25) is 0 Å². The molecule has 1 N–H and O–H groups in total. The van der Waals surface area contributed by atoms with Crippen LogP contribution in [-0.2, 0) is 12.0 Å². The molecule has 36 heavy (non-hydrogen) atoms. The summed E-state index contributed by atoms with van der Waals surface area (Å²) >= 11 is 0. The van der Waals surface area contributed by atoms with Gasteiger partial charge in [0, 0.05) is 37.3 Å². The number of hydrogen-bond donors (Lipinski definition) is 1. The van der Waals surface area contributed by atoms with E-state index >= 15 is 0 Å². The lowest BCUT2D eigenvalue weighted by molar-refractivity contribution is 0.0555. The average Bonchev–Trinajstić information content (AvgIpc) is 3.57. The number of rotatable bonds is 5. The molecule has 0 bridgehead atoms. The molecule has 4 aromatic rings. The van der Waals surface area contributed by atoms with Gasteiger partial charge >= 0.3 is 0 Å². The Morgan fingerprint density at radius 2 is 1.92 bits per heavy atom. The third-order valence-corrected chi connectivity index (χ3v) is 6.71. The van der Waals surface area contributed by atoms with Gasteiger partial charge in [-0.25, -0.2) is 4.68 Å². The van der Waals surface area contributed by atoms with Crippen LogP contribution < -0.4 is 5.56 Å². The molecule has 1 amide bonds. The Labute approximate surface area is 208 Å². The van der Waals surface area contributed by atoms with Gasteiger partial charge in [-0.2, -0.15) is 0 Å². The third kappa shape index (κ3) is 4.44. The van der Waals surface area contributed by atoms with E-state index in [0.717, 1.165) is 17.3 Å². The molecule has 0 spiro atoms. The van der Waals surface area contributed by atoms with Gasteiger partial charge in [0.25, 0.3) is 11.5 Å². The van der Waals surface area contributed by atoms with Crippen molar-refractivity contribution in [1.82, 2.24) is 35.0 Å². The van der Waals surface area contributed by atoms with Gasteiger partial charge in [0.2, 0.25) is 0 Å². The quantitative estimate of drug-likeness (QED) is 0.458. The SMILES string of the molecule is CCc1ccc2[nH]c(=O)c([C@@H](c3nnnn3C(C)(C)C)N3CCN(C(=O)c4ccco4)CC3)cc2c1. The summed E-state index contributed by atoms with van der Waals surface area (Å²) in [4.78, 5) is 33.2. The number of nitrogens with one attached hydrogen (secondary N) is 1. The first-order chi connectivity index (χ1) is 17.3. The summed E-state index contributed by atoms with van der Waals surface area (Å²) in [6, 6.07) is 11.0. The number of hydrogen-bond acceptors (Lipinski definition) is 7. The highest BCUT2D eigenvalue weighted by atomic mass is 16.3. The predicted octanol–water partition coefficient (Wildman–Crippen LogP) is 2.97. The highest BCUT2D eigenvalue weighted by Gasteiger charge is 2.36. The Hall–Kier alpha value is -3.79. The fourth-order valence-electron chi connectivity index (χ4n) is 4.78. The molecule has 1 fully saturated rings. The lowest BCUT2D eigenvalue weighted by Crippen LogP contribution is -2.51. The van der Waals surface area contributed by atoms with Crippen LogP contribution in [0.3, 0.4) is 0 Å². The molecule has 188 valence electrons. The molecule has 0 saturated carbocycles. The number of carbonyl (C=O) groups excluding carboxylic acids is 1. The highest BCUT2D eigenvalue weighted by Crippen LogP contribution is 2.30. The summed E-state index contributed by atoms with van der Waals surface area (Å²) in [7, 11) is 0. The first-order valence-corrected chi connectivity index (χ1v) is 12.3. The summed E-state index contributed by atoms with van der Waals surface area (Å²) in [5.41, 5.74) is 2.02. The minimum absolute atomic E-state index is 0.133. The average molecular weight is 490 g/mol. The zero-order valence-corrected chi connectivity index (χ0v) is 21.1. The predicted molar refractivity (Wildman–Crippen MR) is 135 cm³/mol. The largest absolute Gasteiger partial charge is 0.459 e. The van der Waals surface area contributed by atoms with Crippen molar-refractivity contribution < 1.29 is 9.21 Å². The first-order valence-electron chi connectivity index (χ1n) is 12.3. The molecule has 3 aromatic heterocycles. The van der Waals surface area contributed by atoms with E-state index in [1.807, 2.05) is 39.0 Å². The van der Waals surface area contributed by atoms with E-state index in [1.54, 1.807) is 21.7 Å². The second-order valence-corrected chi connectivity index (χ2v) is 10.2. The fourth-order valence-corrected chi connectivity index (χ4v) is 4.78. The lowest BCUT2D eigenvalue weighted by Gasteiger charge is -2.39. The number of aromatic amines is 1. The summed E-state index contributed by atoms with van der Waals surface area (Å²) in [6.45, 7) is 10.3. The number of aryl methyl sites for hydroxylation is 1. The van der Waals surface area contributed by atoms with Crippen molar-refractivity contribution in [2.24, 2.45) is 0 Å². The number of furan rings is 1. The molecular weight excluding hydrogens is 458 g/mol. The van der Waals surface area contributed by atoms with E-state index in [-0.39, 0.29) is 17.0 Å². The molecule has 1 aliphatic heterocycles. The second kappa shape index (κ2) is 9.34. The number of fused-ring (bicyclic) bond motifs is 1. The standard InChI is InChI=1S/C26H31N7O3/c1-5-17-8-9-20-18(15-17)16-19(24(34)27-20)22(23-28-29-30-33(23)26(2,3)4)31-10-12-32(13-11-31)25(35)21-7-6-14-36-21/h6-9,14-16,22H,5,10-13H2,1-4H3,(H,27,34)/t22-/m0/s1. The monoisotopic (exact) mass is 489 g/mol. The number of nitrogens with zero attached hydrogens (tertiary/aromatic N) is 6.